The largest absolute Gasteiger partial charge is 0.466 e. The van der Waals surface area contributed by atoms with E-state index in [1.54, 1.807) is 22.8 Å². The Labute approximate surface area is 208 Å². The van der Waals surface area contributed by atoms with Crippen molar-refractivity contribution in [2.45, 2.75) is 71.4 Å². The maximum Gasteiger partial charge on any atom is 0.410 e. The van der Waals surface area contributed by atoms with E-state index in [1.807, 2.05) is 26.8 Å². The van der Waals surface area contributed by atoms with Crippen molar-refractivity contribution in [3.63, 3.8) is 0 Å². The van der Waals surface area contributed by atoms with Crippen molar-refractivity contribution in [3.8, 4) is 12.3 Å². The third-order valence-corrected chi connectivity index (χ3v) is 6.00. The minimum atomic E-state index is -0.737. The summed E-state index contributed by atoms with van der Waals surface area (Å²) >= 11 is 0. The molecule has 0 aromatic heterocycles. The average Bonchev–Trinajstić information content (AvgIpc) is 2.81. The molecule has 0 aromatic rings. The number of rotatable bonds is 7. The molecular formula is C26H39N3O6. The van der Waals surface area contributed by atoms with E-state index in [2.05, 4.69) is 11.2 Å². The average molecular weight is 490 g/mol. The molecule has 2 saturated heterocycles. The Morgan fingerprint density at radius 1 is 1.11 bits per heavy atom. The number of amides is 3. The zero-order valence-corrected chi connectivity index (χ0v) is 21.4. The predicted octanol–water partition coefficient (Wildman–Crippen LogP) is 2.50. The molecule has 9 heteroatoms. The number of piperidine rings is 2. The molecule has 2 aliphatic rings. The number of likely N-dealkylation sites (tertiary alicyclic amines) is 2. The number of ether oxygens (including phenoxy) is 2. The Bertz CT molecular complexity index is 833. The van der Waals surface area contributed by atoms with Gasteiger partial charge in [0.05, 0.1) is 18.9 Å². The molecule has 2 aliphatic heterocycles. The summed E-state index contributed by atoms with van der Waals surface area (Å²) in [5.41, 5.74) is -0.522. The molecular weight excluding hydrogens is 450 g/mol. The smallest absolute Gasteiger partial charge is 0.410 e. The van der Waals surface area contributed by atoms with Gasteiger partial charge >= 0.3 is 12.1 Å². The van der Waals surface area contributed by atoms with E-state index in [9.17, 15) is 19.2 Å². The quantitative estimate of drug-likeness (QED) is 0.335. The molecule has 3 amide bonds. The van der Waals surface area contributed by atoms with Gasteiger partial charge in [0, 0.05) is 26.2 Å². The molecule has 2 rings (SSSR count). The summed E-state index contributed by atoms with van der Waals surface area (Å²) in [7, 11) is 0. The van der Waals surface area contributed by atoms with Gasteiger partial charge in [0.25, 0.3) is 0 Å². The molecule has 35 heavy (non-hydrogen) atoms. The summed E-state index contributed by atoms with van der Waals surface area (Å²) < 4.78 is 10.3. The Hall–Kier alpha value is -3.02. The minimum Gasteiger partial charge on any atom is -0.466 e. The van der Waals surface area contributed by atoms with Crippen LogP contribution in [0, 0.1) is 24.2 Å². The SMILES string of the molecule is C#CC(CC(=O)OCC)NC(=O)[C@@H]1CCCN(C(=O)/C=C\C2CCN(C(=O)OC(C)(C)C)CC2)C1. The minimum absolute atomic E-state index is 0.0824. The number of nitrogens with one attached hydrogen (secondary N) is 1. The number of terminal acetylenes is 1. The van der Waals surface area contributed by atoms with E-state index < -0.39 is 17.6 Å². The highest BCUT2D eigenvalue weighted by atomic mass is 16.6. The summed E-state index contributed by atoms with van der Waals surface area (Å²) in [5.74, 6) is 1.40. The highest BCUT2D eigenvalue weighted by Gasteiger charge is 2.30. The highest BCUT2D eigenvalue weighted by molar-refractivity contribution is 5.88. The number of carbonyl (C=O) groups is 4. The fourth-order valence-corrected chi connectivity index (χ4v) is 4.14. The summed E-state index contributed by atoms with van der Waals surface area (Å²) in [6, 6.07) is -0.737. The number of hydrogen-bond donors (Lipinski definition) is 1. The van der Waals surface area contributed by atoms with Gasteiger partial charge in [0.15, 0.2) is 0 Å². The first-order valence-corrected chi connectivity index (χ1v) is 12.4. The van der Waals surface area contributed by atoms with Crippen LogP contribution >= 0.6 is 0 Å². The molecule has 9 nitrogen and oxygen atoms in total. The molecule has 0 radical (unpaired) electrons. The van der Waals surface area contributed by atoms with Gasteiger partial charge in [-0.3, -0.25) is 14.4 Å². The summed E-state index contributed by atoms with van der Waals surface area (Å²) in [6.45, 7) is 9.57. The van der Waals surface area contributed by atoms with Gasteiger partial charge in [-0.2, -0.15) is 0 Å². The van der Waals surface area contributed by atoms with E-state index in [-0.39, 0.29) is 42.8 Å². The second-order valence-electron chi connectivity index (χ2n) is 10.0. The predicted molar refractivity (Wildman–Crippen MR) is 131 cm³/mol. The Kier molecular flexibility index (Phi) is 10.6. The summed E-state index contributed by atoms with van der Waals surface area (Å²) in [4.78, 5) is 52.7. The van der Waals surface area contributed by atoms with Gasteiger partial charge in [0.1, 0.15) is 11.6 Å². The Balaban J connectivity index is 1.81. The fourth-order valence-electron chi connectivity index (χ4n) is 4.14. The molecule has 1 unspecified atom stereocenters. The first-order chi connectivity index (χ1) is 16.5. The van der Waals surface area contributed by atoms with Crippen molar-refractivity contribution in [3.05, 3.63) is 12.2 Å². The first kappa shape index (κ1) is 28.2. The molecule has 2 atom stereocenters. The van der Waals surface area contributed by atoms with E-state index in [0.717, 1.165) is 12.8 Å². The van der Waals surface area contributed by atoms with E-state index in [0.29, 0.717) is 39.0 Å². The topological polar surface area (TPSA) is 105 Å². The highest BCUT2D eigenvalue weighted by Crippen LogP contribution is 2.22. The second kappa shape index (κ2) is 13.2. The normalized spacial score (nSPS) is 20.1. The Morgan fingerprint density at radius 3 is 2.40 bits per heavy atom. The van der Waals surface area contributed by atoms with Crippen LogP contribution in [0.5, 0.6) is 0 Å². The summed E-state index contributed by atoms with van der Waals surface area (Å²) in [5, 5.41) is 2.72. The third-order valence-electron chi connectivity index (χ3n) is 6.00. The second-order valence-corrected chi connectivity index (χ2v) is 10.0. The maximum atomic E-state index is 12.8. The van der Waals surface area contributed by atoms with Crippen LogP contribution in [0.15, 0.2) is 12.2 Å². The van der Waals surface area contributed by atoms with E-state index >= 15 is 0 Å². The van der Waals surface area contributed by atoms with Crippen molar-refractivity contribution in [2.24, 2.45) is 11.8 Å². The first-order valence-electron chi connectivity index (χ1n) is 12.4. The van der Waals surface area contributed by atoms with Gasteiger partial charge in [-0.15, -0.1) is 6.42 Å². The monoisotopic (exact) mass is 489 g/mol. The molecule has 0 spiro atoms. The number of carbonyl (C=O) groups excluding carboxylic acids is 4. The lowest BCUT2D eigenvalue weighted by Crippen LogP contribution is -2.47. The van der Waals surface area contributed by atoms with Crippen LogP contribution in [-0.2, 0) is 23.9 Å². The molecule has 0 aromatic carbocycles. The number of esters is 1. The van der Waals surface area contributed by atoms with Crippen LogP contribution in [0.3, 0.4) is 0 Å². The lowest BCUT2D eigenvalue weighted by atomic mass is 9.95. The van der Waals surface area contributed by atoms with Crippen molar-refractivity contribution in [1.29, 1.82) is 0 Å². The summed E-state index contributed by atoms with van der Waals surface area (Å²) in [6.07, 6.45) is 11.5. The van der Waals surface area contributed by atoms with E-state index in [1.165, 1.54) is 0 Å². The van der Waals surface area contributed by atoms with Crippen molar-refractivity contribution < 1.29 is 28.7 Å². The Morgan fingerprint density at radius 2 is 1.80 bits per heavy atom. The lowest BCUT2D eigenvalue weighted by Gasteiger charge is -2.33. The zero-order valence-electron chi connectivity index (χ0n) is 21.4. The van der Waals surface area contributed by atoms with Gasteiger partial charge in [-0.1, -0.05) is 12.0 Å². The van der Waals surface area contributed by atoms with Gasteiger partial charge < -0.3 is 24.6 Å². The van der Waals surface area contributed by atoms with Crippen molar-refractivity contribution in [1.82, 2.24) is 15.1 Å². The number of nitrogens with zero attached hydrogens (tertiary/aromatic N) is 2. The van der Waals surface area contributed by atoms with Crippen LogP contribution in [0.4, 0.5) is 4.79 Å². The molecule has 2 heterocycles. The third kappa shape index (κ3) is 9.63. The molecule has 194 valence electrons. The van der Waals surface area contributed by atoms with Crippen LogP contribution in [0.25, 0.3) is 0 Å². The molecule has 0 saturated carbocycles. The standard InChI is InChI=1S/C26H39N3O6/c1-6-21(17-23(31)34-7-2)27-24(32)20-9-8-14-29(18-20)22(30)11-10-19-12-15-28(16-13-19)25(33)35-26(3,4)5/h1,10-11,19-21H,7-9,12-18H2,2-5H3,(H,27,32)/b11-10-/t20-,21?/m1/s1. The fraction of sp³-hybridized carbons (Fsp3) is 0.692. The van der Waals surface area contributed by atoms with E-state index in [4.69, 9.17) is 15.9 Å². The maximum absolute atomic E-state index is 12.8. The van der Waals surface area contributed by atoms with Gasteiger partial charge in [-0.25, -0.2) is 4.79 Å². The lowest BCUT2D eigenvalue weighted by molar-refractivity contribution is -0.143. The van der Waals surface area contributed by atoms with Gasteiger partial charge in [0.2, 0.25) is 11.8 Å². The molecule has 0 bridgehead atoms. The van der Waals surface area contributed by atoms with Crippen LogP contribution in [-0.4, -0.2) is 78.1 Å². The van der Waals surface area contributed by atoms with Crippen LogP contribution in [0.1, 0.15) is 59.8 Å². The molecule has 2 fully saturated rings. The number of allylic oxidation sites excluding steroid dienone is 1. The number of hydrogen-bond acceptors (Lipinski definition) is 6. The van der Waals surface area contributed by atoms with Crippen LogP contribution in [0.2, 0.25) is 0 Å². The van der Waals surface area contributed by atoms with Crippen LogP contribution < -0.4 is 5.32 Å². The molecule has 0 aliphatic carbocycles. The van der Waals surface area contributed by atoms with Crippen molar-refractivity contribution in [2.75, 3.05) is 32.8 Å². The zero-order chi connectivity index (χ0) is 26.0. The molecule has 1 N–H and O–H groups in total. The van der Waals surface area contributed by atoms with Crippen molar-refractivity contribution >= 4 is 23.9 Å². The van der Waals surface area contributed by atoms with Gasteiger partial charge in [-0.05, 0) is 65.4 Å².